The van der Waals surface area contributed by atoms with Crippen LogP contribution in [-0.4, -0.2) is 45.1 Å². The molecule has 1 N–H and O–H groups in total. The largest absolute Gasteiger partial charge is 0.456 e. The van der Waals surface area contributed by atoms with E-state index in [4.69, 9.17) is 19.4 Å². The maximum atomic E-state index is 13.2. The first-order valence-electron chi connectivity index (χ1n) is 9.60. The summed E-state index contributed by atoms with van der Waals surface area (Å²) in [5, 5.41) is 0.499. The Hall–Kier alpha value is -3.05. The van der Waals surface area contributed by atoms with Gasteiger partial charge in [0, 0.05) is 10.7 Å². The van der Waals surface area contributed by atoms with Crippen molar-refractivity contribution in [2.75, 3.05) is 13.7 Å². The van der Waals surface area contributed by atoms with Gasteiger partial charge in [0.2, 0.25) is 0 Å². The van der Waals surface area contributed by atoms with Gasteiger partial charge in [-0.25, -0.2) is 14.8 Å². The predicted molar refractivity (Wildman–Crippen MR) is 126 cm³/mol. The Morgan fingerprint density at radius 3 is 2.68 bits per heavy atom. The van der Waals surface area contributed by atoms with Crippen LogP contribution in [0.5, 0.6) is 0 Å². The first-order chi connectivity index (χ1) is 15.0. The zero-order valence-electron chi connectivity index (χ0n) is 16.7. The molecule has 3 aromatic heterocycles. The van der Waals surface area contributed by atoms with Gasteiger partial charge in [-0.3, -0.25) is 9.20 Å². The second-order valence-electron chi connectivity index (χ2n) is 7.23. The molecule has 0 saturated heterocycles. The van der Waals surface area contributed by atoms with E-state index in [1.54, 1.807) is 17.4 Å². The summed E-state index contributed by atoms with van der Waals surface area (Å²) in [6, 6.07) is 13.0. The van der Waals surface area contributed by atoms with Crippen molar-refractivity contribution >= 4 is 67.3 Å². The van der Waals surface area contributed by atoms with Gasteiger partial charge in [0.25, 0.3) is 5.56 Å². The third kappa shape index (κ3) is 3.24. The summed E-state index contributed by atoms with van der Waals surface area (Å²) in [4.78, 5) is 38.4. The Morgan fingerprint density at radius 2 is 1.94 bits per heavy atom. The first-order valence-corrected chi connectivity index (χ1v) is 10.7. The molecule has 3 heterocycles. The minimum atomic E-state index is -0.595. The average molecular weight is 528 g/mol. The molecular weight excluding hydrogens is 511 g/mol. The zero-order chi connectivity index (χ0) is 21.7. The van der Waals surface area contributed by atoms with E-state index in [1.807, 2.05) is 36.4 Å². The van der Waals surface area contributed by atoms with Crippen LogP contribution in [0.25, 0.3) is 38.7 Å². The van der Waals surface area contributed by atoms with Crippen molar-refractivity contribution in [3.8, 4) is 0 Å². The zero-order valence-corrected chi connectivity index (χ0v) is 18.8. The number of hydrogen-bond donors (Lipinski definition) is 1. The quantitative estimate of drug-likeness (QED) is 0.283. The molecule has 0 spiro atoms. The van der Waals surface area contributed by atoms with Crippen LogP contribution >= 0.6 is 22.6 Å². The number of methoxy groups -OCH3 is 1. The number of nitrogens with one attached hydrogen (secondary N) is 1. The van der Waals surface area contributed by atoms with E-state index < -0.39 is 12.1 Å². The SMILES string of the molecule is COCC(C)OC(=O)c1c2nc3ccccc3nc2n2c1[nH]c(=O)c1cc(I)ccc12. The van der Waals surface area contributed by atoms with E-state index in [-0.39, 0.29) is 17.7 Å². The van der Waals surface area contributed by atoms with Gasteiger partial charge in [0.15, 0.2) is 5.65 Å². The Balaban J connectivity index is 1.92. The third-order valence-corrected chi connectivity index (χ3v) is 5.72. The van der Waals surface area contributed by atoms with Gasteiger partial charge >= 0.3 is 5.97 Å². The number of halogens is 1. The monoisotopic (exact) mass is 528 g/mol. The number of aromatic amines is 1. The number of carbonyl (C=O) groups excluding carboxylic acids is 1. The number of esters is 1. The fourth-order valence-corrected chi connectivity index (χ4v) is 4.25. The molecule has 156 valence electrons. The lowest BCUT2D eigenvalue weighted by Crippen LogP contribution is -2.20. The summed E-state index contributed by atoms with van der Waals surface area (Å²) < 4.78 is 13.3. The predicted octanol–water partition coefficient (Wildman–Crippen LogP) is 3.67. The molecule has 31 heavy (non-hydrogen) atoms. The van der Waals surface area contributed by atoms with Gasteiger partial charge in [0.1, 0.15) is 22.8 Å². The molecule has 2 aromatic carbocycles. The number of fused-ring (bicyclic) bond motifs is 6. The highest BCUT2D eigenvalue weighted by Gasteiger charge is 2.26. The van der Waals surface area contributed by atoms with Crippen molar-refractivity contribution < 1.29 is 14.3 Å². The molecule has 0 aliphatic heterocycles. The minimum Gasteiger partial charge on any atom is -0.456 e. The van der Waals surface area contributed by atoms with E-state index >= 15 is 0 Å². The number of hydrogen-bond acceptors (Lipinski definition) is 6. The maximum Gasteiger partial charge on any atom is 0.344 e. The van der Waals surface area contributed by atoms with Crippen LogP contribution in [0.1, 0.15) is 17.3 Å². The summed E-state index contributed by atoms with van der Waals surface area (Å²) in [6.45, 7) is 1.99. The number of carbonyl (C=O) groups is 1. The molecule has 9 heteroatoms. The Labute approximate surface area is 189 Å². The molecule has 5 aromatic rings. The van der Waals surface area contributed by atoms with Crippen LogP contribution in [0.3, 0.4) is 0 Å². The van der Waals surface area contributed by atoms with Gasteiger partial charge in [-0.05, 0) is 59.8 Å². The number of ether oxygens (including phenoxy) is 2. The number of H-pyrrole nitrogens is 1. The smallest absolute Gasteiger partial charge is 0.344 e. The maximum absolute atomic E-state index is 13.2. The number of nitrogens with zero attached hydrogens (tertiary/aromatic N) is 3. The molecule has 0 aliphatic rings. The standard InChI is InChI=1S/C22H17IN4O4/c1-11(10-30-2)31-22(29)17-18-20(25-15-6-4-3-5-14(15)24-18)27-16-8-7-12(23)9-13(16)21(28)26-19(17)27/h3-9,11H,10H2,1-2H3,(H,26,28). The van der Waals surface area contributed by atoms with Gasteiger partial charge in [-0.2, -0.15) is 0 Å². The van der Waals surface area contributed by atoms with Crippen LogP contribution in [0.4, 0.5) is 0 Å². The Kier molecular flexibility index (Phi) is 4.86. The van der Waals surface area contributed by atoms with Crippen molar-refractivity contribution in [1.82, 2.24) is 19.4 Å². The molecule has 5 rings (SSSR count). The highest BCUT2D eigenvalue weighted by Crippen LogP contribution is 2.29. The van der Waals surface area contributed by atoms with Crippen LogP contribution in [0.15, 0.2) is 47.3 Å². The topological polar surface area (TPSA) is 98.6 Å². The lowest BCUT2D eigenvalue weighted by atomic mass is 10.2. The van der Waals surface area contributed by atoms with Crippen molar-refractivity contribution in [3.63, 3.8) is 0 Å². The van der Waals surface area contributed by atoms with E-state index in [1.165, 1.54) is 7.11 Å². The Bertz CT molecular complexity index is 1560. The molecule has 0 aliphatic carbocycles. The normalized spacial score (nSPS) is 12.7. The van der Waals surface area contributed by atoms with Gasteiger partial charge in [0.05, 0.1) is 28.5 Å². The molecule has 1 atom stereocenters. The van der Waals surface area contributed by atoms with Gasteiger partial charge < -0.3 is 14.5 Å². The third-order valence-electron chi connectivity index (χ3n) is 5.05. The van der Waals surface area contributed by atoms with Crippen LogP contribution in [0.2, 0.25) is 0 Å². The van der Waals surface area contributed by atoms with Gasteiger partial charge in [-0.1, -0.05) is 12.1 Å². The van der Waals surface area contributed by atoms with Gasteiger partial charge in [-0.15, -0.1) is 0 Å². The number of rotatable bonds is 4. The van der Waals surface area contributed by atoms with E-state index in [0.29, 0.717) is 38.7 Å². The molecule has 0 amide bonds. The molecule has 0 radical (unpaired) electrons. The molecule has 0 fully saturated rings. The second kappa shape index (κ2) is 7.57. The lowest BCUT2D eigenvalue weighted by molar-refractivity contribution is 0.0124. The number of benzene rings is 2. The van der Waals surface area contributed by atoms with E-state index in [9.17, 15) is 9.59 Å². The van der Waals surface area contributed by atoms with E-state index in [2.05, 4.69) is 27.6 Å². The fraction of sp³-hybridized carbons (Fsp3) is 0.182. The molecular formula is C22H17IN4O4. The molecule has 0 saturated carbocycles. The summed E-state index contributed by atoms with van der Waals surface area (Å²) in [7, 11) is 1.54. The van der Waals surface area contributed by atoms with Crippen molar-refractivity contribution in [2.24, 2.45) is 0 Å². The highest BCUT2D eigenvalue weighted by molar-refractivity contribution is 14.1. The van der Waals surface area contributed by atoms with Crippen molar-refractivity contribution in [2.45, 2.75) is 13.0 Å². The summed E-state index contributed by atoms with van der Waals surface area (Å²) in [5.41, 5.74) is 2.99. The Morgan fingerprint density at radius 1 is 1.19 bits per heavy atom. The van der Waals surface area contributed by atoms with E-state index in [0.717, 1.165) is 3.57 Å². The second-order valence-corrected chi connectivity index (χ2v) is 8.48. The van der Waals surface area contributed by atoms with Crippen molar-refractivity contribution in [3.05, 3.63) is 62.0 Å². The first kappa shape index (κ1) is 19.9. The highest BCUT2D eigenvalue weighted by atomic mass is 127. The summed E-state index contributed by atoms with van der Waals surface area (Å²) >= 11 is 2.16. The molecule has 8 nitrogen and oxygen atoms in total. The number of para-hydroxylation sites is 2. The van der Waals surface area contributed by atoms with Crippen LogP contribution in [0, 0.1) is 3.57 Å². The molecule has 1 unspecified atom stereocenters. The van der Waals surface area contributed by atoms with Crippen LogP contribution < -0.4 is 5.56 Å². The van der Waals surface area contributed by atoms with Crippen LogP contribution in [-0.2, 0) is 9.47 Å². The van der Waals surface area contributed by atoms with Crippen molar-refractivity contribution in [1.29, 1.82) is 0 Å². The minimum absolute atomic E-state index is 0.175. The molecule has 0 bridgehead atoms. The lowest BCUT2D eigenvalue weighted by Gasteiger charge is -2.11. The summed E-state index contributed by atoms with van der Waals surface area (Å²) in [6.07, 6.45) is -0.468. The fourth-order valence-electron chi connectivity index (χ4n) is 3.76. The number of aromatic nitrogens is 4. The average Bonchev–Trinajstić information content (AvgIpc) is 3.05. The summed E-state index contributed by atoms with van der Waals surface area (Å²) in [5.74, 6) is -0.595.